The number of piperidine rings is 1. The highest BCUT2D eigenvalue weighted by Crippen LogP contribution is 2.39. The van der Waals surface area contributed by atoms with Gasteiger partial charge in [-0.2, -0.15) is 0 Å². The minimum Gasteiger partial charge on any atom is -0.355 e. The van der Waals surface area contributed by atoms with Crippen LogP contribution in [0.5, 0.6) is 0 Å². The Bertz CT molecular complexity index is 539. The van der Waals surface area contributed by atoms with Crippen LogP contribution in [-0.4, -0.2) is 35.6 Å². The molecule has 1 aromatic rings. The van der Waals surface area contributed by atoms with Gasteiger partial charge in [0.15, 0.2) is 0 Å². The number of hydrogen-bond acceptors (Lipinski definition) is 3. The van der Waals surface area contributed by atoms with E-state index in [0.717, 1.165) is 17.9 Å². The molecule has 0 aromatic heterocycles. The minimum atomic E-state index is -0.0869. The number of thioether (sulfide) groups is 1. The lowest BCUT2D eigenvalue weighted by molar-refractivity contribution is -0.137. The predicted molar refractivity (Wildman–Crippen MR) is 84.1 cm³/mol. The maximum atomic E-state index is 12.7. The zero-order valence-corrected chi connectivity index (χ0v) is 13.1. The van der Waals surface area contributed by atoms with E-state index < -0.39 is 0 Å². The Labute approximate surface area is 133 Å². The first-order valence-corrected chi connectivity index (χ1v) is 8.52. The van der Waals surface area contributed by atoms with Crippen LogP contribution in [-0.2, 0) is 9.59 Å². The van der Waals surface area contributed by atoms with E-state index in [9.17, 15) is 9.59 Å². The molecule has 2 saturated heterocycles. The summed E-state index contributed by atoms with van der Waals surface area (Å²) in [7, 11) is 0. The quantitative estimate of drug-likeness (QED) is 0.909. The van der Waals surface area contributed by atoms with Gasteiger partial charge in [0, 0.05) is 30.3 Å². The average Bonchev–Trinajstić information content (AvgIpc) is 2.97. The normalized spacial score (nSPS) is 25.8. The van der Waals surface area contributed by atoms with Gasteiger partial charge in [-0.25, -0.2) is 0 Å². The van der Waals surface area contributed by atoms with Gasteiger partial charge in [0.1, 0.15) is 5.37 Å². The first-order chi connectivity index (χ1) is 10.1. The van der Waals surface area contributed by atoms with E-state index in [2.05, 4.69) is 5.32 Å². The van der Waals surface area contributed by atoms with E-state index in [1.165, 1.54) is 0 Å². The number of rotatable bonds is 2. The van der Waals surface area contributed by atoms with Gasteiger partial charge >= 0.3 is 0 Å². The van der Waals surface area contributed by atoms with Crippen molar-refractivity contribution in [2.24, 2.45) is 5.92 Å². The summed E-state index contributed by atoms with van der Waals surface area (Å²) in [5.74, 6) is 1.05. The third-order valence-electron chi connectivity index (χ3n) is 3.94. The molecule has 0 radical (unpaired) electrons. The van der Waals surface area contributed by atoms with E-state index in [1.54, 1.807) is 11.8 Å². The van der Waals surface area contributed by atoms with Crippen LogP contribution in [0, 0.1) is 5.92 Å². The van der Waals surface area contributed by atoms with Crippen molar-refractivity contribution in [1.82, 2.24) is 10.2 Å². The lowest BCUT2D eigenvalue weighted by Crippen LogP contribution is -2.44. The Morgan fingerprint density at radius 2 is 2.10 bits per heavy atom. The number of hydrogen-bond donors (Lipinski definition) is 1. The fourth-order valence-electron chi connectivity index (χ4n) is 2.78. The first kappa shape index (κ1) is 14.7. The maximum absolute atomic E-state index is 12.7. The van der Waals surface area contributed by atoms with Gasteiger partial charge < -0.3 is 10.2 Å². The molecule has 1 N–H and O–H groups in total. The molecule has 2 fully saturated rings. The number of nitrogens with one attached hydrogen (secondary N) is 1. The molecule has 0 bridgehead atoms. The summed E-state index contributed by atoms with van der Waals surface area (Å²) in [6, 6.07) is 7.68. The fourth-order valence-corrected chi connectivity index (χ4v) is 4.17. The summed E-state index contributed by atoms with van der Waals surface area (Å²) in [5.41, 5.74) is 1.11. The second-order valence-corrected chi connectivity index (χ2v) is 6.97. The van der Waals surface area contributed by atoms with Crippen molar-refractivity contribution in [1.29, 1.82) is 0 Å². The van der Waals surface area contributed by atoms with Crippen LogP contribution in [0.1, 0.15) is 23.8 Å². The summed E-state index contributed by atoms with van der Waals surface area (Å²) >= 11 is 7.70. The highest BCUT2D eigenvalue weighted by molar-refractivity contribution is 7.99. The monoisotopic (exact) mass is 324 g/mol. The minimum absolute atomic E-state index is 0.0455. The molecule has 2 atom stereocenters. The second kappa shape index (κ2) is 6.28. The summed E-state index contributed by atoms with van der Waals surface area (Å²) in [4.78, 5) is 25.9. The van der Waals surface area contributed by atoms with Crippen LogP contribution in [0.25, 0.3) is 0 Å². The van der Waals surface area contributed by atoms with Crippen molar-refractivity contribution in [2.75, 3.05) is 18.8 Å². The number of carbonyl (C=O) groups excluding carboxylic acids is 2. The molecule has 21 heavy (non-hydrogen) atoms. The van der Waals surface area contributed by atoms with Crippen LogP contribution >= 0.6 is 23.4 Å². The molecule has 4 nitrogen and oxygen atoms in total. The Morgan fingerprint density at radius 1 is 1.33 bits per heavy atom. The largest absolute Gasteiger partial charge is 0.355 e. The average molecular weight is 325 g/mol. The Kier molecular flexibility index (Phi) is 4.40. The number of halogens is 1. The molecule has 0 aliphatic carbocycles. The van der Waals surface area contributed by atoms with Gasteiger partial charge in [0.2, 0.25) is 11.8 Å². The summed E-state index contributed by atoms with van der Waals surface area (Å²) in [5, 5.41) is 3.55. The zero-order valence-electron chi connectivity index (χ0n) is 11.5. The summed E-state index contributed by atoms with van der Waals surface area (Å²) in [6.45, 7) is 1.23. The Balaban J connectivity index is 1.73. The summed E-state index contributed by atoms with van der Waals surface area (Å²) in [6.07, 6.45) is 1.10. The van der Waals surface area contributed by atoms with E-state index in [1.807, 2.05) is 29.2 Å². The maximum Gasteiger partial charge on any atom is 0.228 e. The van der Waals surface area contributed by atoms with E-state index in [0.29, 0.717) is 24.4 Å². The highest BCUT2D eigenvalue weighted by atomic mass is 35.5. The van der Waals surface area contributed by atoms with Crippen molar-refractivity contribution in [3.63, 3.8) is 0 Å². The molecule has 0 spiro atoms. The van der Waals surface area contributed by atoms with Gasteiger partial charge in [0.25, 0.3) is 0 Å². The molecule has 6 heteroatoms. The highest BCUT2D eigenvalue weighted by Gasteiger charge is 2.35. The standard InChI is InChI=1S/C15H17ClN2O2S/c16-12-4-1-10(2-5-12)15-18(7-8-21-15)14(20)11-3-6-13(19)17-9-11/h1-2,4-5,11,15H,3,6-9H2,(H,17,19). The zero-order chi connectivity index (χ0) is 14.8. The molecule has 3 rings (SSSR count). The van der Waals surface area contributed by atoms with E-state index in [4.69, 9.17) is 11.6 Å². The predicted octanol–water partition coefficient (Wildman–Crippen LogP) is 2.44. The van der Waals surface area contributed by atoms with Gasteiger partial charge in [-0.05, 0) is 24.1 Å². The Morgan fingerprint density at radius 3 is 2.76 bits per heavy atom. The van der Waals surface area contributed by atoms with E-state index in [-0.39, 0.29) is 23.1 Å². The van der Waals surface area contributed by atoms with Crippen LogP contribution in [0.2, 0.25) is 5.02 Å². The van der Waals surface area contributed by atoms with Crippen molar-refractivity contribution in [3.05, 3.63) is 34.9 Å². The van der Waals surface area contributed by atoms with Crippen LogP contribution in [0.3, 0.4) is 0 Å². The third kappa shape index (κ3) is 3.19. The molecular weight excluding hydrogens is 308 g/mol. The molecule has 1 aromatic carbocycles. The second-order valence-electron chi connectivity index (χ2n) is 5.35. The molecule has 2 heterocycles. The van der Waals surface area contributed by atoms with Gasteiger partial charge in [0.05, 0.1) is 5.92 Å². The summed E-state index contributed by atoms with van der Waals surface area (Å²) < 4.78 is 0. The SMILES string of the molecule is O=C1CCC(C(=O)N2CCSC2c2ccc(Cl)cc2)CN1. The third-order valence-corrected chi connectivity index (χ3v) is 5.46. The molecular formula is C15H17ClN2O2S. The van der Waals surface area contributed by atoms with Gasteiger partial charge in [-0.1, -0.05) is 23.7 Å². The van der Waals surface area contributed by atoms with Crippen molar-refractivity contribution in [3.8, 4) is 0 Å². The van der Waals surface area contributed by atoms with Crippen LogP contribution in [0.4, 0.5) is 0 Å². The lowest BCUT2D eigenvalue weighted by atomic mass is 9.97. The number of nitrogens with zero attached hydrogens (tertiary/aromatic N) is 1. The number of benzene rings is 1. The molecule has 2 unspecified atom stereocenters. The van der Waals surface area contributed by atoms with Crippen molar-refractivity contribution < 1.29 is 9.59 Å². The van der Waals surface area contributed by atoms with Crippen molar-refractivity contribution in [2.45, 2.75) is 18.2 Å². The van der Waals surface area contributed by atoms with Crippen LogP contribution < -0.4 is 5.32 Å². The molecule has 112 valence electrons. The molecule has 2 aliphatic rings. The van der Waals surface area contributed by atoms with Crippen LogP contribution in [0.15, 0.2) is 24.3 Å². The fraction of sp³-hybridized carbons (Fsp3) is 0.467. The van der Waals surface area contributed by atoms with Gasteiger partial charge in [-0.3, -0.25) is 9.59 Å². The number of amides is 2. The smallest absolute Gasteiger partial charge is 0.228 e. The molecule has 0 saturated carbocycles. The lowest BCUT2D eigenvalue weighted by Gasteiger charge is -2.30. The topological polar surface area (TPSA) is 49.4 Å². The van der Waals surface area contributed by atoms with Gasteiger partial charge in [-0.15, -0.1) is 11.8 Å². The molecule has 2 aliphatic heterocycles. The van der Waals surface area contributed by atoms with Crippen molar-refractivity contribution >= 4 is 35.2 Å². The first-order valence-electron chi connectivity index (χ1n) is 7.09. The van der Waals surface area contributed by atoms with E-state index >= 15 is 0 Å². The molecule has 2 amide bonds. The Hall–Kier alpha value is -1.20. The number of carbonyl (C=O) groups is 2.